The van der Waals surface area contributed by atoms with Gasteiger partial charge in [-0.05, 0) is 37.5 Å². The molecule has 1 fully saturated rings. The molecule has 4 rings (SSSR count). The number of benzene rings is 2. The monoisotopic (exact) mass is 502 g/mol. The largest absolute Gasteiger partial charge is 0.338 e. The molecule has 10 heteroatoms. The fourth-order valence-electron chi connectivity index (χ4n) is 4.19. The summed E-state index contributed by atoms with van der Waals surface area (Å²) in [6.45, 7) is 2.82. The number of nitrogens with zero attached hydrogens (tertiary/aromatic N) is 4. The number of hydrogen-bond donors (Lipinski definition) is 0. The molecule has 1 aromatic heterocycles. The van der Waals surface area contributed by atoms with Crippen LogP contribution in [0.3, 0.4) is 0 Å². The topological polar surface area (TPSA) is 85.2 Å². The molecule has 0 saturated carbocycles. The second-order valence-corrected chi connectivity index (χ2v) is 11.4. The molecule has 1 saturated heterocycles. The molecule has 0 aliphatic carbocycles. The summed E-state index contributed by atoms with van der Waals surface area (Å²) in [6.07, 6.45) is 1.17. The number of amides is 1. The number of carbonyl (C=O) groups excluding carboxylic acids is 1. The lowest BCUT2D eigenvalue weighted by atomic mass is 10.1. The van der Waals surface area contributed by atoms with Gasteiger partial charge in [0.2, 0.25) is 5.91 Å². The number of hydrogen-bond acceptors (Lipinski definition) is 6. The third-order valence-electron chi connectivity index (χ3n) is 5.93. The molecule has 1 atom stereocenters. The van der Waals surface area contributed by atoms with E-state index in [1.807, 2.05) is 41.8 Å². The van der Waals surface area contributed by atoms with Gasteiger partial charge in [0.25, 0.3) is 0 Å². The number of carbonyl (C=O) groups is 1. The summed E-state index contributed by atoms with van der Waals surface area (Å²) in [4.78, 5) is 14.6. The van der Waals surface area contributed by atoms with Crippen molar-refractivity contribution in [1.82, 2.24) is 19.7 Å². The van der Waals surface area contributed by atoms with Crippen LogP contribution in [0.25, 0.3) is 11.4 Å². The molecule has 3 aromatic rings. The molecule has 7 nitrogen and oxygen atoms in total. The van der Waals surface area contributed by atoms with Crippen LogP contribution in [0.4, 0.5) is 4.39 Å². The molecule has 0 unspecified atom stereocenters. The van der Waals surface area contributed by atoms with Crippen molar-refractivity contribution in [2.75, 3.05) is 23.8 Å². The van der Waals surface area contributed by atoms with Gasteiger partial charge in [0, 0.05) is 19.1 Å². The number of sulfone groups is 1. The average Bonchev–Trinajstić information content (AvgIpc) is 3.40. The highest BCUT2D eigenvalue weighted by Crippen LogP contribution is 2.27. The molecule has 34 heavy (non-hydrogen) atoms. The lowest BCUT2D eigenvalue weighted by molar-refractivity contribution is -0.129. The standard InChI is InChI=1S/C24H27FN4O3S2/c1-2-28(19-13-15-34(31,32)17-19)22(30)16-33-24-27-26-23(20-10-6-7-11-21(20)25)29(24)14-12-18-8-4-3-5-9-18/h3-11,19H,2,12-17H2,1H3/t19-/m1/s1. The van der Waals surface area contributed by atoms with Crippen LogP contribution in [0.1, 0.15) is 18.9 Å². The van der Waals surface area contributed by atoms with Gasteiger partial charge in [-0.1, -0.05) is 54.2 Å². The van der Waals surface area contributed by atoms with E-state index in [2.05, 4.69) is 10.2 Å². The minimum atomic E-state index is -3.09. The van der Waals surface area contributed by atoms with Crippen molar-refractivity contribution >= 4 is 27.5 Å². The second kappa shape index (κ2) is 10.7. The maximum absolute atomic E-state index is 14.5. The first-order valence-electron chi connectivity index (χ1n) is 11.2. The molecular formula is C24H27FN4O3S2. The van der Waals surface area contributed by atoms with Crippen molar-refractivity contribution in [3.63, 3.8) is 0 Å². The lowest BCUT2D eigenvalue weighted by Gasteiger charge is -2.26. The van der Waals surface area contributed by atoms with E-state index >= 15 is 0 Å². The van der Waals surface area contributed by atoms with E-state index in [9.17, 15) is 17.6 Å². The summed E-state index contributed by atoms with van der Waals surface area (Å²) < 4.78 is 40.1. The average molecular weight is 503 g/mol. The van der Waals surface area contributed by atoms with Crippen LogP contribution in [0.2, 0.25) is 0 Å². The van der Waals surface area contributed by atoms with Gasteiger partial charge in [-0.15, -0.1) is 10.2 Å². The zero-order chi connectivity index (χ0) is 24.1. The van der Waals surface area contributed by atoms with Crippen LogP contribution in [-0.4, -0.2) is 63.8 Å². The van der Waals surface area contributed by atoms with Crippen LogP contribution >= 0.6 is 11.8 Å². The molecule has 0 radical (unpaired) electrons. The summed E-state index contributed by atoms with van der Waals surface area (Å²) in [5, 5.41) is 9.04. The molecule has 2 heterocycles. The van der Waals surface area contributed by atoms with E-state index in [0.29, 0.717) is 42.5 Å². The number of thioether (sulfide) groups is 1. The predicted octanol–water partition coefficient (Wildman–Crippen LogP) is 3.45. The van der Waals surface area contributed by atoms with Crippen LogP contribution in [0.15, 0.2) is 59.8 Å². The van der Waals surface area contributed by atoms with Gasteiger partial charge in [0.05, 0.1) is 22.8 Å². The fraction of sp³-hybridized carbons (Fsp3) is 0.375. The van der Waals surface area contributed by atoms with E-state index in [0.717, 1.165) is 5.56 Å². The summed E-state index contributed by atoms with van der Waals surface area (Å²) in [6, 6.07) is 16.1. The quantitative estimate of drug-likeness (QED) is 0.417. The van der Waals surface area contributed by atoms with Crippen LogP contribution < -0.4 is 0 Å². The highest BCUT2D eigenvalue weighted by molar-refractivity contribution is 7.99. The molecule has 180 valence electrons. The third kappa shape index (κ3) is 5.67. The Labute approximate surface area is 203 Å². The van der Waals surface area contributed by atoms with Crippen LogP contribution in [-0.2, 0) is 27.6 Å². The summed E-state index contributed by atoms with van der Waals surface area (Å²) in [5.74, 6) is 0.127. The lowest BCUT2D eigenvalue weighted by Crippen LogP contribution is -2.42. The van der Waals surface area contributed by atoms with E-state index in [4.69, 9.17) is 0 Å². The van der Waals surface area contributed by atoms with E-state index in [1.54, 1.807) is 23.1 Å². The molecule has 0 N–H and O–H groups in total. The maximum atomic E-state index is 14.5. The molecule has 1 aliphatic heterocycles. The van der Waals surface area contributed by atoms with Gasteiger partial charge in [-0.2, -0.15) is 0 Å². The van der Waals surface area contributed by atoms with E-state index in [1.165, 1.54) is 17.8 Å². The Bertz CT molecular complexity index is 1250. The first-order chi connectivity index (χ1) is 16.4. The Morgan fingerprint density at radius 2 is 1.88 bits per heavy atom. The molecule has 0 spiro atoms. The number of halogens is 1. The van der Waals surface area contributed by atoms with Gasteiger partial charge < -0.3 is 9.47 Å². The van der Waals surface area contributed by atoms with E-state index < -0.39 is 9.84 Å². The van der Waals surface area contributed by atoms with Crippen molar-refractivity contribution in [2.24, 2.45) is 0 Å². The zero-order valence-corrected chi connectivity index (χ0v) is 20.6. The van der Waals surface area contributed by atoms with Gasteiger partial charge in [-0.25, -0.2) is 12.8 Å². The number of rotatable bonds is 9. The van der Waals surface area contributed by atoms with Gasteiger partial charge >= 0.3 is 0 Å². The first-order valence-corrected chi connectivity index (χ1v) is 14.0. The molecule has 1 aliphatic rings. The fourth-order valence-corrected chi connectivity index (χ4v) is 6.77. The normalized spacial score (nSPS) is 17.1. The number of aryl methyl sites for hydroxylation is 1. The minimum absolute atomic E-state index is 0.0158. The summed E-state index contributed by atoms with van der Waals surface area (Å²) >= 11 is 1.24. The van der Waals surface area contributed by atoms with Gasteiger partial charge in [-0.3, -0.25) is 4.79 Å². The minimum Gasteiger partial charge on any atom is -0.338 e. The van der Waals surface area contributed by atoms with Gasteiger partial charge in [0.1, 0.15) is 5.82 Å². The first kappa shape index (κ1) is 24.4. The Kier molecular flexibility index (Phi) is 7.67. The van der Waals surface area contributed by atoms with Gasteiger partial charge in [0.15, 0.2) is 20.8 Å². The summed E-state index contributed by atoms with van der Waals surface area (Å²) in [5.41, 5.74) is 1.48. The Morgan fingerprint density at radius 1 is 1.15 bits per heavy atom. The Hall–Kier alpha value is -2.72. The smallest absolute Gasteiger partial charge is 0.233 e. The van der Waals surface area contributed by atoms with E-state index in [-0.39, 0.29) is 35.0 Å². The predicted molar refractivity (Wildman–Crippen MR) is 131 cm³/mol. The summed E-state index contributed by atoms with van der Waals surface area (Å²) in [7, 11) is -3.09. The van der Waals surface area contributed by atoms with Crippen molar-refractivity contribution in [3.8, 4) is 11.4 Å². The Morgan fingerprint density at radius 3 is 2.56 bits per heavy atom. The van der Waals surface area contributed by atoms with Crippen molar-refractivity contribution < 1.29 is 17.6 Å². The zero-order valence-electron chi connectivity index (χ0n) is 18.9. The van der Waals surface area contributed by atoms with Crippen molar-refractivity contribution in [2.45, 2.75) is 37.5 Å². The molecular weight excluding hydrogens is 475 g/mol. The molecule has 2 aromatic carbocycles. The van der Waals surface area contributed by atoms with Crippen LogP contribution in [0, 0.1) is 5.82 Å². The number of aromatic nitrogens is 3. The van der Waals surface area contributed by atoms with Crippen LogP contribution in [0.5, 0.6) is 0 Å². The second-order valence-electron chi connectivity index (χ2n) is 8.20. The highest BCUT2D eigenvalue weighted by Gasteiger charge is 2.34. The third-order valence-corrected chi connectivity index (χ3v) is 8.64. The SMILES string of the molecule is CCN(C(=O)CSc1nnc(-c2ccccc2F)n1CCc1ccccc1)[C@@H]1CCS(=O)(=O)C1. The molecule has 1 amide bonds. The molecule has 0 bridgehead atoms. The van der Waals surface area contributed by atoms with Crippen molar-refractivity contribution in [1.29, 1.82) is 0 Å². The van der Waals surface area contributed by atoms with Crippen molar-refractivity contribution in [3.05, 3.63) is 66.0 Å². The Balaban J connectivity index is 1.53. The highest BCUT2D eigenvalue weighted by atomic mass is 32.2. The maximum Gasteiger partial charge on any atom is 0.233 e.